The topological polar surface area (TPSA) is 35.5 Å². The van der Waals surface area contributed by atoms with E-state index in [4.69, 9.17) is 9.47 Å². The maximum Gasteiger partial charge on any atom is 0.306 e. The number of esters is 1. The summed E-state index contributed by atoms with van der Waals surface area (Å²) in [5, 5.41) is 0. The summed E-state index contributed by atoms with van der Waals surface area (Å²) in [5.41, 5.74) is 1.05. The van der Waals surface area contributed by atoms with Crippen molar-refractivity contribution in [1.29, 1.82) is 0 Å². The zero-order valence-electron chi connectivity index (χ0n) is 11.2. The predicted octanol–water partition coefficient (Wildman–Crippen LogP) is 3.30. The van der Waals surface area contributed by atoms with Crippen molar-refractivity contribution in [2.75, 3.05) is 13.7 Å². The molecule has 0 fully saturated rings. The number of benzene rings is 1. The second kappa shape index (κ2) is 7.54. The highest BCUT2D eigenvalue weighted by molar-refractivity contribution is 5.69. The molecule has 1 aromatic rings. The molecule has 3 nitrogen and oxygen atoms in total. The van der Waals surface area contributed by atoms with Crippen molar-refractivity contribution in [2.24, 2.45) is 5.92 Å². The summed E-state index contributed by atoms with van der Waals surface area (Å²) in [6.45, 7) is 4.31. The van der Waals surface area contributed by atoms with Gasteiger partial charge in [-0.25, -0.2) is 0 Å². The first kappa shape index (κ1) is 14.3. The second-order valence-corrected chi connectivity index (χ2v) is 4.46. The molecule has 0 aliphatic rings. The van der Waals surface area contributed by atoms with Crippen molar-refractivity contribution >= 4 is 12.0 Å². The van der Waals surface area contributed by atoms with Gasteiger partial charge < -0.3 is 9.47 Å². The van der Waals surface area contributed by atoms with Crippen LogP contribution in [0.25, 0.3) is 6.08 Å². The zero-order valence-corrected chi connectivity index (χ0v) is 11.2. The molecule has 0 aromatic heterocycles. The summed E-state index contributed by atoms with van der Waals surface area (Å²) in [6, 6.07) is 7.69. The fourth-order valence-corrected chi connectivity index (χ4v) is 1.43. The first-order valence-electron chi connectivity index (χ1n) is 6.08. The van der Waals surface area contributed by atoms with E-state index in [1.165, 1.54) is 0 Å². The first-order chi connectivity index (χ1) is 8.61. The van der Waals surface area contributed by atoms with Crippen LogP contribution in [0, 0.1) is 5.92 Å². The van der Waals surface area contributed by atoms with Gasteiger partial charge in [-0.3, -0.25) is 4.79 Å². The molecule has 0 aliphatic carbocycles. The summed E-state index contributed by atoms with van der Waals surface area (Å²) in [5.74, 6) is 1.02. The average Bonchev–Trinajstić information content (AvgIpc) is 2.34. The van der Waals surface area contributed by atoms with E-state index < -0.39 is 0 Å². The molecule has 0 saturated heterocycles. The van der Waals surface area contributed by atoms with E-state index in [-0.39, 0.29) is 5.97 Å². The second-order valence-electron chi connectivity index (χ2n) is 4.46. The van der Waals surface area contributed by atoms with Crippen molar-refractivity contribution in [2.45, 2.75) is 20.3 Å². The number of rotatable bonds is 6. The number of methoxy groups -OCH3 is 1. The molecule has 0 amide bonds. The fourth-order valence-electron chi connectivity index (χ4n) is 1.43. The third-order valence-corrected chi connectivity index (χ3v) is 2.34. The molecule has 0 aliphatic heterocycles. The highest BCUT2D eigenvalue weighted by Gasteiger charge is 2.04. The smallest absolute Gasteiger partial charge is 0.306 e. The molecule has 98 valence electrons. The van der Waals surface area contributed by atoms with Crippen LogP contribution in [0.4, 0.5) is 0 Å². The number of carbonyl (C=O) groups excluding carboxylic acids is 1. The maximum absolute atomic E-state index is 11.3. The molecule has 0 N–H and O–H groups in total. The van der Waals surface area contributed by atoms with E-state index in [0.29, 0.717) is 18.9 Å². The highest BCUT2D eigenvalue weighted by Crippen LogP contribution is 2.12. The van der Waals surface area contributed by atoms with Crippen LogP contribution in [0.5, 0.6) is 5.75 Å². The van der Waals surface area contributed by atoms with E-state index in [1.807, 2.05) is 50.3 Å². The maximum atomic E-state index is 11.3. The average molecular weight is 248 g/mol. The van der Waals surface area contributed by atoms with Gasteiger partial charge in [0, 0.05) is 6.42 Å². The Hall–Kier alpha value is -1.77. The molecule has 3 heteroatoms. The van der Waals surface area contributed by atoms with Crippen LogP contribution in [0.2, 0.25) is 0 Å². The molecule has 1 rings (SSSR count). The normalized spacial score (nSPS) is 10.9. The Balaban J connectivity index is 2.33. The summed E-state index contributed by atoms with van der Waals surface area (Å²) in [6.07, 6.45) is 4.22. The van der Waals surface area contributed by atoms with Gasteiger partial charge >= 0.3 is 5.97 Å². The minimum absolute atomic E-state index is 0.149. The van der Waals surface area contributed by atoms with Crippen LogP contribution in [0.1, 0.15) is 25.8 Å². The van der Waals surface area contributed by atoms with E-state index in [0.717, 1.165) is 11.3 Å². The van der Waals surface area contributed by atoms with Crippen LogP contribution in [-0.2, 0) is 9.53 Å². The monoisotopic (exact) mass is 248 g/mol. The number of carbonyl (C=O) groups is 1. The highest BCUT2D eigenvalue weighted by atomic mass is 16.5. The van der Waals surface area contributed by atoms with Gasteiger partial charge in [-0.05, 0) is 29.7 Å². The molecule has 0 bridgehead atoms. The SMILES string of the molecule is COc1ccc(C=CCOC(=O)CC(C)C)cc1. The lowest BCUT2D eigenvalue weighted by Crippen LogP contribution is -2.07. The van der Waals surface area contributed by atoms with Crippen LogP contribution in [0.15, 0.2) is 30.3 Å². The van der Waals surface area contributed by atoms with E-state index in [1.54, 1.807) is 7.11 Å². The largest absolute Gasteiger partial charge is 0.497 e. The molecule has 0 unspecified atom stereocenters. The lowest BCUT2D eigenvalue weighted by atomic mass is 10.1. The molecule has 1 aromatic carbocycles. The Kier molecular flexibility index (Phi) is 5.98. The minimum Gasteiger partial charge on any atom is -0.497 e. The first-order valence-corrected chi connectivity index (χ1v) is 6.08. The third-order valence-electron chi connectivity index (χ3n) is 2.34. The number of hydrogen-bond acceptors (Lipinski definition) is 3. The molecular formula is C15H20O3. The van der Waals surface area contributed by atoms with Crippen molar-refractivity contribution in [3.05, 3.63) is 35.9 Å². The molecule has 0 radical (unpaired) electrons. The van der Waals surface area contributed by atoms with Gasteiger partial charge in [0.05, 0.1) is 7.11 Å². The molecule has 0 spiro atoms. The van der Waals surface area contributed by atoms with Gasteiger partial charge in [-0.2, -0.15) is 0 Å². The van der Waals surface area contributed by atoms with Gasteiger partial charge in [0.2, 0.25) is 0 Å². The summed E-state index contributed by atoms with van der Waals surface area (Å²) in [7, 11) is 1.64. The van der Waals surface area contributed by atoms with Crippen LogP contribution < -0.4 is 4.74 Å². The minimum atomic E-state index is -0.149. The van der Waals surface area contributed by atoms with Gasteiger partial charge in [0.15, 0.2) is 0 Å². The predicted molar refractivity (Wildman–Crippen MR) is 72.4 cm³/mol. The Morgan fingerprint density at radius 1 is 1.28 bits per heavy atom. The molecular weight excluding hydrogens is 228 g/mol. The Morgan fingerprint density at radius 2 is 1.94 bits per heavy atom. The van der Waals surface area contributed by atoms with Gasteiger partial charge in [-0.1, -0.05) is 32.1 Å². The lowest BCUT2D eigenvalue weighted by Gasteiger charge is -2.03. The standard InChI is InChI=1S/C15H20O3/c1-12(2)11-15(16)18-10-4-5-13-6-8-14(17-3)9-7-13/h4-9,12H,10-11H2,1-3H3. The summed E-state index contributed by atoms with van der Waals surface area (Å²) < 4.78 is 10.1. The van der Waals surface area contributed by atoms with E-state index >= 15 is 0 Å². The molecule has 18 heavy (non-hydrogen) atoms. The van der Waals surface area contributed by atoms with Crippen molar-refractivity contribution in [1.82, 2.24) is 0 Å². The van der Waals surface area contributed by atoms with E-state index in [9.17, 15) is 4.79 Å². The van der Waals surface area contributed by atoms with Crippen molar-refractivity contribution < 1.29 is 14.3 Å². The Bertz CT molecular complexity index is 391. The Morgan fingerprint density at radius 3 is 2.50 bits per heavy atom. The van der Waals surface area contributed by atoms with Crippen molar-refractivity contribution in [3.63, 3.8) is 0 Å². The number of ether oxygens (including phenoxy) is 2. The lowest BCUT2D eigenvalue weighted by molar-refractivity contribution is -0.143. The Labute approximate surface area is 108 Å². The van der Waals surface area contributed by atoms with Crippen molar-refractivity contribution in [3.8, 4) is 5.75 Å². The number of hydrogen-bond donors (Lipinski definition) is 0. The summed E-state index contributed by atoms with van der Waals surface area (Å²) >= 11 is 0. The summed E-state index contributed by atoms with van der Waals surface area (Å²) in [4.78, 5) is 11.3. The fraction of sp³-hybridized carbons (Fsp3) is 0.400. The molecule has 0 atom stereocenters. The van der Waals surface area contributed by atoms with Gasteiger partial charge in [0.25, 0.3) is 0 Å². The van der Waals surface area contributed by atoms with E-state index in [2.05, 4.69) is 0 Å². The van der Waals surface area contributed by atoms with Gasteiger partial charge in [-0.15, -0.1) is 0 Å². The molecule has 0 heterocycles. The quantitative estimate of drug-likeness (QED) is 0.725. The van der Waals surface area contributed by atoms with Gasteiger partial charge in [0.1, 0.15) is 12.4 Å². The van der Waals surface area contributed by atoms with Crippen LogP contribution in [0.3, 0.4) is 0 Å². The molecule has 0 saturated carbocycles. The van der Waals surface area contributed by atoms with Crippen LogP contribution in [-0.4, -0.2) is 19.7 Å². The third kappa shape index (κ3) is 5.53. The zero-order chi connectivity index (χ0) is 13.4. The van der Waals surface area contributed by atoms with Crippen LogP contribution >= 0.6 is 0 Å².